The number of carbonyl (C=O) groups is 1. The molecule has 1 aromatic carbocycles. The molecule has 0 heterocycles. The Morgan fingerprint density at radius 2 is 1.76 bits per heavy atom. The second kappa shape index (κ2) is 7.08. The van der Waals surface area contributed by atoms with Crippen LogP contribution in [-0.2, 0) is 16.8 Å². The van der Waals surface area contributed by atoms with E-state index in [9.17, 15) is 4.79 Å². The molecule has 1 unspecified atom stereocenters. The van der Waals surface area contributed by atoms with Crippen LogP contribution in [0.4, 0.5) is 0 Å². The fourth-order valence-electron chi connectivity index (χ4n) is 2.21. The third kappa shape index (κ3) is 4.85. The Bertz CT molecular complexity index is 459. The molecule has 0 aliphatic heterocycles. The van der Waals surface area contributed by atoms with Crippen LogP contribution >= 0.6 is 0 Å². The predicted octanol–water partition coefficient (Wildman–Crippen LogP) is 3.32. The molecule has 0 fully saturated rings. The average Bonchev–Trinajstić information content (AvgIpc) is 2.44. The van der Waals surface area contributed by atoms with Crippen LogP contribution in [-0.4, -0.2) is 23.9 Å². The van der Waals surface area contributed by atoms with Gasteiger partial charge in [-0.05, 0) is 22.5 Å². The lowest BCUT2D eigenvalue weighted by atomic mass is 9.87. The van der Waals surface area contributed by atoms with Gasteiger partial charge in [-0.1, -0.05) is 65.3 Å². The first-order valence-corrected chi connectivity index (χ1v) is 7.76. The van der Waals surface area contributed by atoms with Gasteiger partial charge in [-0.3, -0.25) is 4.79 Å². The molecule has 2 N–H and O–H groups in total. The molecule has 0 bridgehead atoms. The van der Waals surface area contributed by atoms with Crippen LogP contribution in [0.3, 0.4) is 0 Å². The smallest absolute Gasteiger partial charge is 0.239 e. The largest absolute Gasteiger partial charge is 0.340 e. The van der Waals surface area contributed by atoms with Crippen LogP contribution in [0.5, 0.6) is 0 Å². The van der Waals surface area contributed by atoms with Gasteiger partial charge in [-0.2, -0.15) is 0 Å². The number of amides is 1. The highest BCUT2D eigenvalue weighted by Gasteiger charge is 2.22. The first kappa shape index (κ1) is 17.7. The molecule has 1 amide bonds. The van der Waals surface area contributed by atoms with Crippen LogP contribution in [0.25, 0.3) is 0 Å². The summed E-state index contributed by atoms with van der Waals surface area (Å²) in [5.74, 6) is 0.229. The summed E-state index contributed by atoms with van der Waals surface area (Å²) in [7, 11) is 1.82. The van der Waals surface area contributed by atoms with Gasteiger partial charge in [0, 0.05) is 13.6 Å². The molecule has 2 atom stereocenters. The van der Waals surface area contributed by atoms with E-state index in [1.54, 1.807) is 4.90 Å². The van der Waals surface area contributed by atoms with Gasteiger partial charge in [0.25, 0.3) is 0 Å². The molecule has 0 aliphatic carbocycles. The second-order valence-electron chi connectivity index (χ2n) is 7.05. The van der Waals surface area contributed by atoms with Crippen LogP contribution in [0, 0.1) is 5.92 Å². The van der Waals surface area contributed by atoms with Crippen LogP contribution < -0.4 is 5.73 Å². The zero-order chi connectivity index (χ0) is 16.2. The molecule has 21 heavy (non-hydrogen) atoms. The predicted molar refractivity (Wildman–Crippen MR) is 89.0 cm³/mol. The van der Waals surface area contributed by atoms with Crippen LogP contribution in [0.1, 0.15) is 52.2 Å². The highest BCUT2D eigenvalue weighted by atomic mass is 16.2. The minimum Gasteiger partial charge on any atom is -0.340 e. The number of hydrogen-bond donors (Lipinski definition) is 1. The van der Waals surface area contributed by atoms with E-state index in [2.05, 4.69) is 52.0 Å². The Balaban J connectivity index is 2.71. The minimum atomic E-state index is -0.408. The Morgan fingerprint density at radius 1 is 1.24 bits per heavy atom. The number of nitrogens with zero attached hydrogens (tertiary/aromatic N) is 1. The van der Waals surface area contributed by atoms with Crippen molar-refractivity contribution in [3.8, 4) is 0 Å². The van der Waals surface area contributed by atoms with Gasteiger partial charge in [0.15, 0.2) is 0 Å². The number of likely N-dealkylation sites (N-methyl/N-ethyl adjacent to an activating group) is 1. The normalized spacial score (nSPS) is 14.6. The van der Waals surface area contributed by atoms with E-state index in [0.717, 1.165) is 12.0 Å². The summed E-state index contributed by atoms with van der Waals surface area (Å²) >= 11 is 0. The number of nitrogens with two attached hydrogens (primary N) is 1. The minimum absolute atomic E-state index is 0.0178. The lowest BCUT2D eigenvalue weighted by molar-refractivity contribution is -0.132. The van der Waals surface area contributed by atoms with E-state index >= 15 is 0 Å². The molecule has 0 saturated carbocycles. The van der Waals surface area contributed by atoms with E-state index in [0.29, 0.717) is 6.54 Å². The van der Waals surface area contributed by atoms with Crippen molar-refractivity contribution in [2.24, 2.45) is 11.7 Å². The molecule has 1 aromatic rings. The van der Waals surface area contributed by atoms with Crippen LogP contribution in [0.15, 0.2) is 24.3 Å². The number of benzene rings is 1. The van der Waals surface area contributed by atoms with Crippen molar-refractivity contribution < 1.29 is 4.79 Å². The van der Waals surface area contributed by atoms with E-state index in [1.165, 1.54) is 5.56 Å². The summed E-state index contributed by atoms with van der Waals surface area (Å²) in [5, 5.41) is 0. The number of hydrogen-bond acceptors (Lipinski definition) is 2. The maximum atomic E-state index is 12.3. The van der Waals surface area contributed by atoms with Crippen molar-refractivity contribution >= 4 is 5.91 Å². The third-order valence-electron chi connectivity index (χ3n) is 4.16. The van der Waals surface area contributed by atoms with Crippen LogP contribution in [0.2, 0.25) is 0 Å². The van der Waals surface area contributed by atoms with Gasteiger partial charge in [-0.15, -0.1) is 0 Å². The molecule has 3 nitrogen and oxygen atoms in total. The fraction of sp³-hybridized carbons (Fsp3) is 0.611. The average molecular weight is 290 g/mol. The molecule has 1 rings (SSSR count). The SMILES string of the molecule is CCC(C)[C@H](N)C(=O)N(C)Cc1ccc(C(C)(C)C)cc1. The lowest BCUT2D eigenvalue weighted by Crippen LogP contribution is -2.45. The summed E-state index contributed by atoms with van der Waals surface area (Å²) in [6.45, 7) is 11.3. The highest BCUT2D eigenvalue weighted by Crippen LogP contribution is 2.22. The monoisotopic (exact) mass is 290 g/mol. The Kier molecular flexibility index (Phi) is 5.97. The number of carbonyl (C=O) groups excluding carboxylic acids is 1. The summed E-state index contributed by atoms with van der Waals surface area (Å²) in [4.78, 5) is 14.0. The first-order valence-electron chi connectivity index (χ1n) is 7.76. The molecule has 0 spiro atoms. The van der Waals surface area contributed by atoms with E-state index < -0.39 is 6.04 Å². The Hall–Kier alpha value is -1.35. The lowest BCUT2D eigenvalue weighted by Gasteiger charge is -2.25. The molecule has 0 aliphatic rings. The molecule has 0 radical (unpaired) electrons. The third-order valence-corrected chi connectivity index (χ3v) is 4.16. The van der Waals surface area contributed by atoms with Crippen molar-refractivity contribution in [3.63, 3.8) is 0 Å². The second-order valence-corrected chi connectivity index (χ2v) is 7.05. The zero-order valence-electron chi connectivity index (χ0n) is 14.3. The summed E-state index contributed by atoms with van der Waals surface area (Å²) < 4.78 is 0. The Labute approximate surface area is 129 Å². The molecule has 118 valence electrons. The molecular weight excluding hydrogens is 260 g/mol. The van der Waals surface area contributed by atoms with Gasteiger partial charge in [0.1, 0.15) is 0 Å². The zero-order valence-corrected chi connectivity index (χ0v) is 14.3. The summed E-state index contributed by atoms with van der Waals surface area (Å²) in [6.07, 6.45) is 0.918. The summed E-state index contributed by atoms with van der Waals surface area (Å²) in [5.41, 5.74) is 8.60. The maximum Gasteiger partial charge on any atom is 0.239 e. The maximum absolute atomic E-state index is 12.3. The van der Waals surface area contributed by atoms with Gasteiger partial charge in [0.2, 0.25) is 5.91 Å². The topological polar surface area (TPSA) is 46.3 Å². The van der Waals surface area contributed by atoms with Gasteiger partial charge >= 0.3 is 0 Å². The van der Waals surface area contributed by atoms with Crippen molar-refractivity contribution in [3.05, 3.63) is 35.4 Å². The van der Waals surface area contributed by atoms with E-state index in [-0.39, 0.29) is 17.2 Å². The van der Waals surface area contributed by atoms with Gasteiger partial charge in [0.05, 0.1) is 6.04 Å². The van der Waals surface area contributed by atoms with Gasteiger partial charge in [-0.25, -0.2) is 0 Å². The van der Waals surface area contributed by atoms with Crippen molar-refractivity contribution in [1.29, 1.82) is 0 Å². The van der Waals surface area contributed by atoms with Crippen molar-refractivity contribution in [2.75, 3.05) is 7.05 Å². The molecule has 0 aromatic heterocycles. The standard InChI is InChI=1S/C18H30N2O/c1-7-13(2)16(19)17(21)20(6)12-14-8-10-15(11-9-14)18(3,4)5/h8-11,13,16H,7,12,19H2,1-6H3/t13?,16-/m0/s1. The first-order chi connectivity index (χ1) is 9.66. The van der Waals surface area contributed by atoms with Gasteiger partial charge < -0.3 is 10.6 Å². The molecule has 3 heteroatoms. The van der Waals surface area contributed by atoms with E-state index in [4.69, 9.17) is 5.73 Å². The molecular formula is C18H30N2O. The summed E-state index contributed by atoms with van der Waals surface area (Å²) in [6, 6.07) is 8.07. The van der Waals surface area contributed by atoms with Crippen molar-refractivity contribution in [2.45, 2.75) is 59.0 Å². The quantitative estimate of drug-likeness (QED) is 0.904. The number of rotatable bonds is 5. The van der Waals surface area contributed by atoms with E-state index in [1.807, 2.05) is 14.0 Å². The highest BCUT2D eigenvalue weighted by molar-refractivity contribution is 5.81. The Morgan fingerprint density at radius 3 is 2.19 bits per heavy atom. The fourth-order valence-corrected chi connectivity index (χ4v) is 2.21. The molecule has 0 saturated heterocycles. The van der Waals surface area contributed by atoms with Crippen molar-refractivity contribution in [1.82, 2.24) is 4.90 Å².